The third-order valence-corrected chi connectivity index (χ3v) is 5.10. The molecule has 1 heterocycles. The summed E-state index contributed by atoms with van der Waals surface area (Å²) in [6.07, 6.45) is -5.75. The fraction of sp³-hybridized carbons (Fsp3) is 0.476. The Kier molecular flexibility index (Phi) is 7.16. The summed E-state index contributed by atoms with van der Waals surface area (Å²) >= 11 is 0.471. The molecule has 5 atom stereocenters. The third kappa shape index (κ3) is 7.75. The Bertz CT molecular complexity index is 1120. The molecule has 1 aliphatic rings. The first-order valence-corrected chi connectivity index (χ1v) is 10.3. The van der Waals surface area contributed by atoms with Crippen LogP contribution >= 0.6 is 11.8 Å². The molecule has 0 saturated carbocycles. The molecule has 12 heteroatoms. The van der Waals surface area contributed by atoms with Gasteiger partial charge >= 0.3 is 23.9 Å². The lowest BCUT2D eigenvalue weighted by atomic mass is 9.99. The van der Waals surface area contributed by atoms with Crippen molar-refractivity contribution in [2.24, 2.45) is 5.16 Å². The van der Waals surface area contributed by atoms with Crippen LogP contribution < -0.4 is 0 Å². The molecule has 0 spiro atoms. The van der Waals surface area contributed by atoms with Crippen LogP contribution in [0.2, 0.25) is 0 Å². The van der Waals surface area contributed by atoms with E-state index < -0.39 is 101 Å². The highest BCUT2D eigenvalue weighted by molar-refractivity contribution is 8.14. The van der Waals surface area contributed by atoms with E-state index in [2.05, 4.69) is 5.16 Å². The molecule has 0 radical (unpaired) electrons. The van der Waals surface area contributed by atoms with Crippen molar-refractivity contribution in [3.05, 3.63) is 35.8 Å². The lowest BCUT2D eigenvalue weighted by Gasteiger charge is -2.44. The van der Waals surface area contributed by atoms with Crippen LogP contribution in [-0.2, 0) is 42.9 Å². The second-order valence-electron chi connectivity index (χ2n) is 6.59. The molecule has 0 bridgehead atoms. The average molecular weight is 489 g/mol. The Hall–Kier alpha value is -3.12. The van der Waals surface area contributed by atoms with Crippen LogP contribution in [0.1, 0.15) is 40.1 Å². The summed E-state index contributed by atoms with van der Waals surface area (Å²) < 4.78 is 66.6. The molecule has 2 rings (SSSR count). The molecule has 1 aromatic carbocycles. The van der Waals surface area contributed by atoms with E-state index in [0.29, 0.717) is 11.8 Å². The van der Waals surface area contributed by atoms with Crippen molar-refractivity contribution in [2.45, 2.75) is 57.5 Å². The molecule has 1 saturated heterocycles. The summed E-state index contributed by atoms with van der Waals surface area (Å²) in [5.74, 6) is -3.27. The van der Waals surface area contributed by atoms with Crippen LogP contribution in [-0.4, -0.2) is 70.6 Å². The second kappa shape index (κ2) is 12.2. The van der Waals surface area contributed by atoms with Crippen molar-refractivity contribution in [1.82, 2.24) is 0 Å². The molecule has 1 aromatic rings. The maximum Gasteiger partial charge on any atom is 0.303 e. The standard InChI is InChI=1S/C21H25NO10S/c1-11(23)28-10-16-17(29-12(2)24)18(30-13(3)25)19(31-14(4)26)21(32-16)33-20(22-27)15-8-6-5-7-9-15/h5-9,16-19,21,27H,10H2,1-4H3/b22-20-/t16-,17-,18+,19-,21+/m1/s1/i5D,6D,7D,8D,9D. The predicted octanol–water partition coefficient (Wildman–Crippen LogP) is 1.64. The number of rotatable bonds is 7. The molecule has 0 unspecified atom stereocenters. The Morgan fingerprint density at radius 2 is 1.48 bits per heavy atom. The monoisotopic (exact) mass is 488 g/mol. The summed E-state index contributed by atoms with van der Waals surface area (Å²) in [6, 6.07) is -3.48. The minimum atomic E-state index is -1.53. The van der Waals surface area contributed by atoms with Gasteiger partial charge in [0.25, 0.3) is 0 Å². The Morgan fingerprint density at radius 3 is 2.00 bits per heavy atom. The Morgan fingerprint density at radius 1 is 0.939 bits per heavy atom. The first kappa shape index (κ1) is 19.4. The third-order valence-electron chi connectivity index (χ3n) is 3.98. The molecular formula is C21H25NO10S. The molecule has 1 aliphatic heterocycles. The minimum absolute atomic E-state index is 0.471. The fourth-order valence-electron chi connectivity index (χ4n) is 2.88. The number of hydrogen-bond donors (Lipinski definition) is 1. The summed E-state index contributed by atoms with van der Waals surface area (Å²) in [7, 11) is 0. The average Bonchev–Trinajstić information content (AvgIpc) is 2.82. The van der Waals surface area contributed by atoms with E-state index in [1.54, 1.807) is 0 Å². The summed E-state index contributed by atoms with van der Waals surface area (Å²) in [5, 5.41) is 12.3. The van der Waals surface area contributed by atoms with Gasteiger partial charge in [-0.05, 0) is 0 Å². The maximum atomic E-state index is 12.0. The van der Waals surface area contributed by atoms with Gasteiger partial charge in [0.05, 0.1) is 6.85 Å². The Labute approximate surface area is 201 Å². The van der Waals surface area contributed by atoms with Crippen molar-refractivity contribution in [3.63, 3.8) is 0 Å². The number of esters is 4. The number of benzene rings is 1. The lowest BCUT2D eigenvalue weighted by Crippen LogP contribution is -2.61. The highest BCUT2D eigenvalue weighted by atomic mass is 32.2. The van der Waals surface area contributed by atoms with Crippen LogP contribution in [0, 0.1) is 0 Å². The zero-order valence-electron chi connectivity index (χ0n) is 23.1. The van der Waals surface area contributed by atoms with Gasteiger partial charge in [-0.2, -0.15) is 0 Å². The van der Waals surface area contributed by atoms with Gasteiger partial charge in [0.15, 0.2) is 23.7 Å². The van der Waals surface area contributed by atoms with Gasteiger partial charge < -0.3 is 28.9 Å². The maximum absolute atomic E-state index is 12.0. The van der Waals surface area contributed by atoms with Crippen LogP contribution in [0.15, 0.2) is 35.4 Å². The first-order chi connectivity index (χ1) is 17.7. The molecule has 1 N–H and O–H groups in total. The fourth-order valence-corrected chi connectivity index (χ4v) is 3.91. The van der Waals surface area contributed by atoms with Crippen molar-refractivity contribution < 1.29 is 54.9 Å². The highest BCUT2D eigenvalue weighted by Crippen LogP contribution is 2.36. The van der Waals surface area contributed by atoms with E-state index in [9.17, 15) is 24.4 Å². The van der Waals surface area contributed by atoms with Gasteiger partial charge in [-0.25, -0.2) is 0 Å². The second-order valence-corrected chi connectivity index (χ2v) is 7.68. The summed E-state index contributed by atoms with van der Waals surface area (Å²) in [4.78, 5) is 47.2. The van der Waals surface area contributed by atoms with Crippen LogP contribution in [0.3, 0.4) is 0 Å². The number of carbonyl (C=O) groups is 4. The van der Waals surface area contributed by atoms with E-state index in [0.717, 1.165) is 27.7 Å². The highest BCUT2D eigenvalue weighted by Gasteiger charge is 2.52. The summed E-state index contributed by atoms with van der Waals surface area (Å²) in [5.41, 5.74) is -1.93. The number of nitrogens with zero attached hydrogens (tertiary/aromatic N) is 1. The zero-order valence-corrected chi connectivity index (χ0v) is 18.9. The SMILES string of the molecule is [2H]c1c([2H])c([2H])c(/C(=N/O)S[C@@H]2O[C@H](COC(C)=O)[C@@H](OC(C)=O)[C@H](OC(C)=O)[C@H]2OC(C)=O)c([2H])c1[2H]. The lowest BCUT2D eigenvalue weighted by molar-refractivity contribution is -0.237. The van der Waals surface area contributed by atoms with Gasteiger partial charge in [-0.1, -0.05) is 47.1 Å². The Balaban J connectivity index is 2.63. The number of ether oxygens (including phenoxy) is 5. The normalized spacial score (nSPS) is 27.1. The van der Waals surface area contributed by atoms with Crippen molar-refractivity contribution in [1.29, 1.82) is 0 Å². The minimum Gasteiger partial charge on any atom is -0.463 e. The molecule has 180 valence electrons. The van der Waals surface area contributed by atoms with Crippen LogP contribution in [0.5, 0.6) is 0 Å². The van der Waals surface area contributed by atoms with Gasteiger partial charge in [0, 0.05) is 33.3 Å². The molecule has 11 nitrogen and oxygen atoms in total. The van der Waals surface area contributed by atoms with Gasteiger partial charge in [0.1, 0.15) is 17.8 Å². The quantitative estimate of drug-likeness (QED) is 0.149. The summed E-state index contributed by atoms with van der Waals surface area (Å²) in [6.45, 7) is 3.74. The first-order valence-electron chi connectivity index (χ1n) is 12.0. The zero-order chi connectivity index (χ0) is 28.9. The molecular weight excluding hydrogens is 458 g/mol. The predicted molar refractivity (Wildman–Crippen MR) is 114 cm³/mol. The van der Waals surface area contributed by atoms with E-state index in [4.69, 9.17) is 30.5 Å². The van der Waals surface area contributed by atoms with Crippen molar-refractivity contribution in [3.8, 4) is 0 Å². The van der Waals surface area contributed by atoms with Crippen LogP contribution in [0.25, 0.3) is 0 Å². The van der Waals surface area contributed by atoms with E-state index in [-0.39, 0.29) is 0 Å². The van der Waals surface area contributed by atoms with Gasteiger partial charge in [-0.15, -0.1) is 0 Å². The largest absolute Gasteiger partial charge is 0.463 e. The van der Waals surface area contributed by atoms with Gasteiger partial charge in [0.2, 0.25) is 0 Å². The molecule has 0 amide bonds. The van der Waals surface area contributed by atoms with Crippen LogP contribution in [0.4, 0.5) is 0 Å². The molecule has 0 aliphatic carbocycles. The van der Waals surface area contributed by atoms with Crippen molar-refractivity contribution >= 4 is 40.7 Å². The molecule has 0 aromatic heterocycles. The van der Waals surface area contributed by atoms with Gasteiger partial charge in [-0.3, -0.25) is 19.2 Å². The van der Waals surface area contributed by atoms with E-state index >= 15 is 0 Å². The topological polar surface area (TPSA) is 147 Å². The number of oxime groups is 1. The number of thioether (sulfide) groups is 1. The van der Waals surface area contributed by atoms with Crippen molar-refractivity contribution in [2.75, 3.05) is 6.61 Å². The smallest absolute Gasteiger partial charge is 0.303 e. The molecule has 33 heavy (non-hydrogen) atoms. The van der Waals surface area contributed by atoms with E-state index in [1.165, 1.54) is 0 Å². The molecule has 1 fully saturated rings. The number of carbonyl (C=O) groups excluding carboxylic acids is 4. The number of hydrogen-bond acceptors (Lipinski definition) is 12. The van der Waals surface area contributed by atoms with E-state index in [1.807, 2.05) is 0 Å².